The molecular weight excluding hydrogens is 504 g/mol. The minimum absolute atomic E-state index is 0.653. The van der Waals surface area contributed by atoms with Crippen LogP contribution in [-0.2, 0) is 0 Å². The summed E-state index contributed by atoms with van der Waals surface area (Å²) in [4.78, 5) is 7.37. The molecule has 4 nitrogen and oxygen atoms in total. The molecular formula is C37H38N2O2. The highest BCUT2D eigenvalue weighted by atomic mass is 16.5. The maximum Gasteiger partial charge on any atom is 0.128 e. The van der Waals surface area contributed by atoms with Gasteiger partial charge >= 0.3 is 0 Å². The van der Waals surface area contributed by atoms with Crippen molar-refractivity contribution < 1.29 is 9.47 Å². The third-order valence-corrected chi connectivity index (χ3v) is 6.99. The number of benzene rings is 4. The fourth-order valence-electron chi connectivity index (χ4n) is 4.91. The Bertz CT molecular complexity index is 1520. The lowest BCUT2D eigenvalue weighted by Crippen LogP contribution is -2.08. The van der Waals surface area contributed by atoms with Gasteiger partial charge in [0.15, 0.2) is 0 Å². The average molecular weight is 543 g/mol. The summed E-state index contributed by atoms with van der Waals surface area (Å²) in [7, 11) is 4.15. The van der Waals surface area contributed by atoms with Gasteiger partial charge in [-0.05, 0) is 83.6 Å². The minimum Gasteiger partial charge on any atom is -0.493 e. The van der Waals surface area contributed by atoms with E-state index in [1.165, 1.54) is 11.1 Å². The number of para-hydroxylation sites is 2. The highest BCUT2D eigenvalue weighted by Crippen LogP contribution is 2.40. The van der Waals surface area contributed by atoms with Crippen LogP contribution in [0.1, 0.15) is 26.7 Å². The lowest BCUT2D eigenvalue weighted by Gasteiger charge is -2.19. The van der Waals surface area contributed by atoms with Gasteiger partial charge in [-0.2, -0.15) is 0 Å². The molecule has 4 heteroatoms. The first-order valence-electron chi connectivity index (χ1n) is 14.4. The Balaban J connectivity index is 1.78. The molecule has 208 valence electrons. The Morgan fingerprint density at radius 2 is 1.07 bits per heavy atom. The van der Waals surface area contributed by atoms with E-state index >= 15 is 0 Å². The molecule has 0 atom stereocenters. The second kappa shape index (κ2) is 13.2. The maximum atomic E-state index is 6.18. The summed E-state index contributed by atoms with van der Waals surface area (Å²) in [5.41, 5.74) is 9.39. The van der Waals surface area contributed by atoms with E-state index in [-0.39, 0.29) is 0 Å². The van der Waals surface area contributed by atoms with E-state index in [0.29, 0.717) is 13.2 Å². The predicted octanol–water partition coefficient (Wildman–Crippen LogP) is 9.39. The zero-order chi connectivity index (χ0) is 28.6. The van der Waals surface area contributed by atoms with E-state index < -0.39 is 0 Å². The van der Waals surface area contributed by atoms with Gasteiger partial charge in [0.1, 0.15) is 11.5 Å². The number of rotatable bonds is 11. The van der Waals surface area contributed by atoms with Crippen LogP contribution in [0, 0.1) is 0 Å². The van der Waals surface area contributed by atoms with Crippen LogP contribution in [-0.4, -0.2) is 32.3 Å². The fourth-order valence-corrected chi connectivity index (χ4v) is 4.91. The van der Waals surface area contributed by atoms with Crippen molar-refractivity contribution in [3.05, 3.63) is 109 Å². The molecule has 0 bridgehead atoms. The molecule has 0 aliphatic rings. The maximum absolute atomic E-state index is 6.18. The van der Waals surface area contributed by atoms with Crippen molar-refractivity contribution in [1.29, 1.82) is 0 Å². The first-order valence-corrected chi connectivity index (χ1v) is 14.4. The third kappa shape index (κ3) is 6.44. The zero-order valence-corrected chi connectivity index (χ0v) is 24.4. The summed E-state index contributed by atoms with van der Waals surface area (Å²) >= 11 is 0. The topological polar surface area (TPSA) is 34.6 Å². The van der Waals surface area contributed by atoms with E-state index in [1.54, 1.807) is 0 Å². The molecule has 0 aliphatic heterocycles. The van der Waals surface area contributed by atoms with Gasteiger partial charge < -0.3 is 14.4 Å². The predicted molar refractivity (Wildman–Crippen MR) is 172 cm³/mol. The molecule has 0 radical (unpaired) electrons. The smallest absolute Gasteiger partial charge is 0.128 e. The molecule has 0 spiro atoms. The number of nitrogens with zero attached hydrogens (tertiary/aromatic N) is 2. The number of hydrogen-bond acceptors (Lipinski definition) is 4. The molecule has 0 saturated carbocycles. The van der Waals surface area contributed by atoms with E-state index in [9.17, 15) is 0 Å². The van der Waals surface area contributed by atoms with Crippen LogP contribution in [0.3, 0.4) is 0 Å². The van der Waals surface area contributed by atoms with Gasteiger partial charge in [0.05, 0.1) is 24.6 Å². The molecule has 1 heterocycles. The Morgan fingerprint density at radius 3 is 1.61 bits per heavy atom. The fraction of sp³-hybridized carbons (Fsp3) is 0.216. The average Bonchev–Trinajstić information content (AvgIpc) is 3.03. The van der Waals surface area contributed by atoms with E-state index in [0.717, 1.165) is 63.7 Å². The van der Waals surface area contributed by atoms with Crippen LogP contribution in [0.25, 0.3) is 44.8 Å². The number of hydrogen-bond donors (Lipinski definition) is 0. The van der Waals surface area contributed by atoms with Crippen LogP contribution in [0.2, 0.25) is 0 Å². The van der Waals surface area contributed by atoms with Crippen LogP contribution >= 0.6 is 0 Å². The molecule has 0 N–H and O–H groups in total. The molecule has 1 aromatic heterocycles. The molecule has 4 aromatic carbocycles. The molecule has 41 heavy (non-hydrogen) atoms. The summed E-state index contributed by atoms with van der Waals surface area (Å²) < 4.78 is 12.4. The van der Waals surface area contributed by atoms with E-state index in [1.807, 2.05) is 36.4 Å². The van der Waals surface area contributed by atoms with Gasteiger partial charge in [-0.25, -0.2) is 4.98 Å². The van der Waals surface area contributed by atoms with E-state index in [4.69, 9.17) is 14.5 Å². The monoisotopic (exact) mass is 542 g/mol. The minimum atomic E-state index is 0.653. The zero-order valence-electron chi connectivity index (χ0n) is 24.4. The van der Waals surface area contributed by atoms with Crippen molar-refractivity contribution in [2.75, 3.05) is 32.2 Å². The van der Waals surface area contributed by atoms with Crippen LogP contribution in [0.5, 0.6) is 11.5 Å². The Labute approximate surface area is 244 Å². The number of aromatic nitrogens is 1. The van der Waals surface area contributed by atoms with Gasteiger partial charge in [-0.3, -0.25) is 0 Å². The molecule has 0 amide bonds. The summed E-state index contributed by atoms with van der Waals surface area (Å²) in [5, 5.41) is 0. The summed E-state index contributed by atoms with van der Waals surface area (Å²) in [6.07, 6.45) is 1.87. The van der Waals surface area contributed by atoms with Crippen molar-refractivity contribution in [1.82, 2.24) is 4.98 Å². The van der Waals surface area contributed by atoms with Crippen LogP contribution in [0.15, 0.2) is 109 Å². The first kappa shape index (κ1) is 28.0. The lowest BCUT2D eigenvalue weighted by atomic mass is 9.92. The van der Waals surface area contributed by atoms with Crippen molar-refractivity contribution in [3.8, 4) is 56.3 Å². The molecule has 0 unspecified atom stereocenters. The molecule has 0 saturated heterocycles. The first-order chi connectivity index (χ1) is 20.1. The van der Waals surface area contributed by atoms with Gasteiger partial charge in [0.25, 0.3) is 0 Å². The standard InChI is InChI=1S/C37H38N2O2/c1-5-22-40-36-18-12-10-16-31(36)34-24-28(25-35(38-34)32-17-11-13-19-37(32)41-23-6-2)33-26-29(39(3)4)20-21-30(33)27-14-8-7-9-15-27/h7-21,24-26H,5-6,22-23H2,1-4H3. The van der Waals surface area contributed by atoms with Gasteiger partial charge in [0.2, 0.25) is 0 Å². The van der Waals surface area contributed by atoms with Crippen LogP contribution in [0.4, 0.5) is 5.69 Å². The van der Waals surface area contributed by atoms with Gasteiger partial charge in [-0.15, -0.1) is 0 Å². The Hall–Kier alpha value is -4.57. The van der Waals surface area contributed by atoms with Crippen molar-refractivity contribution >= 4 is 5.69 Å². The van der Waals surface area contributed by atoms with E-state index in [2.05, 4.69) is 106 Å². The highest BCUT2D eigenvalue weighted by Gasteiger charge is 2.17. The molecule has 0 fully saturated rings. The third-order valence-electron chi connectivity index (χ3n) is 6.99. The molecule has 0 aliphatic carbocycles. The quantitative estimate of drug-likeness (QED) is 0.166. The summed E-state index contributed by atoms with van der Waals surface area (Å²) in [6.45, 7) is 5.55. The second-order valence-corrected chi connectivity index (χ2v) is 10.3. The van der Waals surface area contributed by atoms with Gasteiger partial charge in [0, 0.05) is 30.9 Å². The van der Waals surface area contributed by atoms with Crippen molar-refractivity contribution in [2.24, 2.45) is 0 Å². The number of anilines is 1. The summed E-state index contributed by atoms with van der Waals surface area (Å²) in [5.74, 6) is 1.68. The largest absolute Gasteiger partial charge is 0.493 e. The summed E-state index contributed by atoms with van der Waals surface area (Å²) in [6, 6.07) is 38.0. The molecule has 5 rings (SSSR count). The van der Waals surface area contributed by atoms with Crippen molar-refractivity contribution in [2.45, 2.75) is 26.7 Å². The Kier molecular flexibility index (Phi) is 9.00. The van der Waals surface area contributed by atoms with Gasteiger partial charge in [-0.1, -0.05) is 74.5 Å². The normalized spacial score (nSPS) is 10.8. The molecule has 5 aromatic rings. The SMILES string of the molecule is CCCOc1ccccc1-c1cc(-c2cc(N(C)C)ccc2-c2ccccc2)cc(-c2ccccc2OCCC)n1. The van der Waals surface area contributed by atoms with Crippen molar-refractivity contribution in [3.63, 3.8) is 0 Å². The second-order valence-electron chi connectivity index (χ2n) is 10.3. The highest BCUT2D eigenvalue weighted by molar-refractivity contribution is 5.89. The number of ether oxygens (including phenoxy) is 2. The lowest BCUT2D eigenvalue weighted by molar-refractivity contribution is 0.318. The Morgan fingerprint density at radius 1 is 0.537 bits per heavy atom. The van der Waals surface area contributed by atoms with Crippen LogP contribution < -0.4 is 14.4 Å². The number of pyridine rings is 1.